The highest BCUT2D eigenvalue weighted by Gasteiger charge is 2.25. The minimum absolute atomic E-state index is 0.223. The second kappa shape index (κ2) is 6.65. The van der Waals surface area contributed by atoms with Crippen LogP contribution in [0.2, 0.25) is 0 Å². The van der Waals surface area contributed by atoms with Crippen LogP contribution in [0.3, 0.4) is 0 Å². The van der Waals surface area contributed by atoms with Gasteiger partial charge in [0.25, 0.3) is 0 Å². The van der Waals surface area contributed by atoms with Gasteiger partial charge in [-0.3, -0.25) is 0 Å². The molecule has 4 rings (SSSR count). The van der Waals surface area contributed by atoms with Crippen LogP contribution >= 0.6 is 0 Å². The molecule has 0 aliphatic rings. The van der Waals surface area contributed by atoms with Gasteiger partial charge in [-0.1, -0.05) is 6.07 Å². The summed E-state index contributed by atoms with van der Waals surface area (Å²) >= 11 is 0. The molecule has 0 spiro atoms. The van der Waals surface area contributed by atoms with Crippen LogP contribution in [-0.4, -0.2) is 19.3 Å². The summed E-state index contributed by atoms with van der Waals surface area (Å²) in [4.78, 5) is 4.42. The molecule has 27 heavy (non-hydrogen) atoms. The fraction of sp³-hybridized carbons (Fsp3) is 0.150. The molecule has 0 saturated carbocycles. The number of hydrogen-bond acceptors (Lipinski definition) is 3. The van der Waals surface area contributed by atoms with Crippen molar-refractivity contribution < 1.29 is 8.78 Å². The molecule has 0 radical (unpaired) electrons. The van der Waals surface area contributed by atoms with E-state index >= 15 is 4.39 Å². The molecule has 0 fully saturated rings. The van der Waals surface area contributed by atoms with Crippen molar-refractivity contribution >= 4 is 11.0 Å². The Bertz CT molecular complexity index is 1170. The van der Waals surface area contributed by atoms with Gasteiger partial charge in [0.1, 0.15) is 5.82 Å². The Kier molecular flexibility index (Phi) is 4.16. The quantitative estimate of drug-likeness (QED) is 0.543. The monoisotopic (exact) mass is 363 g/mol. The second-order valence-corrected chi connectivity index (χ2v) is 6.04. The van der Waals surface area contributed by atoms with E-state index in [1.54, 1.807) is 41.0 Å². The summed E-state index contributed by atoms with van der Waals surface area (Å²) in [6.07, 6.45) is -0.0897. The number of aromatic nitrogens is 4. The van der Waals surface area contributed by atoms with Crippen LogP contribution < -0.4 is 0 Å². The number of nitriles is 1. The van der Waals surface area contributed by atoms with Gasteiger partial charge in [-0.15, -0.1) is 0 Å². The number of alkyl halides is 1. The number of rotatable bonds is 4. The fourth-order valence-corrected chi connectivity index (χ4v) is 3.21. The fourth-order valence-electron chi connectivity index (χ4n) is 3.21. The second-order valence-electron chi connectivity index (χ2n) is 6.04. The Labute approximate surface area is 154 Å². The highest BCUT2D eigenvalue weighted by atomic mass is 19.1. The lowest BCUT2D eigenvalue weighted by atomic mass is 10.2. The van der Waals surface area contributed by atoms with E-state index in [1.807, 2.05) is 6.92 Å². The van der Waals surface area contributed by atoms with Crippen LogP contribution in [0.1, 0.15) is 30.2 Å². The van der Waals surface area contributed by atoms with Gasteiger partial charge in [-0.25, -0.2) is 18.4 Å². The maximum Gasteiger partial charge on any atom is 0.199 e. The SMILES string of the molecule is CCn1c(C(F)c2ccnn2-c2cccc(F)c2)nc2cc(C#N)ccc21. The van der Waals surface area contributed by atoms with Gasteiger partial charge in [0.05, 0.1) is 34.0 Å². The molecule has 0 bridgehead atoms. The third-order valence-corrected chi connectivity index (χ3v) is 4.43. The number of benzene rings is 2. The molecular weight excluding hydrogens is 348 g/mol. The molecule has 5 nitrogen and oxygen atoms in total. The van der Waals surface area contributed by atoms with Crippen molar-refractivity contribution in [1.29, 1.82) is 5.26 Å². The average Bonchev–Trinajstić information content (AvgIpc) is 3.31. The Hall–Kier alpha value is -3.53. The zero-order chi connectivity index (χ0) is 19.0. The summed E-state index contributed by atoms with van der Waals surface area (Å²) in [6.45, 7) is 2.42. The molecular formula is C20H15F2N5. The third-order valence-electron chi connectivity index (χ3n) is 4.43. The van der Waals surface area contributed by atoms with Crippen LogP contribution in [0, 0.1) is 17.1 Å². The van der Waals surface area contributed by atoms with E-state index in [2.05, 4.69) is 16.2 Å². The summed E-state index contributed by atoms with van der Waals surface area (Å²) in [5.74, 6) is -0.199. The largest absolute Gasteiger partial charge is 0.325 e. The number of imidazole rings is 1. The average molecular weight is 363 g/mol. The first kappa shape index (κ1) is 16.9. The zero-order valence-corrected chi connectivity index (χ0v) is 14.5. The number of fused-ring (bicyclic) bond motifs is 1. The molecule has 2 aromatic heterocycles. The van der Waals surface area contributed by atoms with Crippen LogP contribution in [0.25, 0.3) is 16.7 Å². The molecule has 7 heteroatoms. The van der Waals surface area contributed by atoms with Gasteiger partial charge in [-0.05, 0) is 49.4 Å². The summed E-state index contributed by atoms with van der Waals surface area (Å²) in [5.41, 5.74) is 2.47. The predicted octanol–water partition coefficient (Wildman–Crippen LogP) is 4.31. The lowest BCUT2D eigenvalue weighted by Crippen LogP contribution is -2.11. The van der Waals surface area contributed by atoms with Crippen LogP contribution in [0.4, 0.5) is 8.78 Å². The van der Waals surface area contributed by atoms with E-state index in [1.165, 1.54) is 23.0 Å². The molecule has 0 N–H and O–H groups in total. The number of halogens is 2. The molecule has 0 saturated heterocycles. The Morgan fingerprint density at radius 1 is 1.19 bits per heavy atom. The van der Waals surface area contributed by atoms with Crippen molar-refractivity contribution in [3.8, 4) is 11.8 Å². The lowest BCUT2D eigenvalue weighted by molar-refractivity contribution is 0.359. The third kappa shape index (κ3) is 2.85. The van der Waals surface area contributed by atoms with E-state index in [9.17, 15) is 4.39 Å². The van der Waals surface area contributed by atoms with E-state index in [0.29, 0.717) is 23.3 Å². The van der Waals surface area contributed by atoms with Gasteiger partial charge in [0.15, 0.2) is 12.0 Å². The summed E-state index contributed by atoms with van der Waals surface area (Å²) < 4.78 is 32.2. The summed E-state index contributed by atoms with van der Waals surface area (Å²) in [7, 11) is 0. The number of aryl methyl sites for hydroxylation is 1. The standard InChI is InChI=1S/C20H15F2N5/c1-2-26-17-7-6-13(12-23)10-16(17)25-20(26)19(22)18-8-9-24-27(18)15-5-3-4-14(21)11-15/h3-11,19H,2H2,1H3. The molecule has 2 aromatic carbocycles. The molecule has 0 aliphatic carbocycles. The van der Waals surface area contributed by atoms with Gasteiger partial charge in [-0.2, -0.15) is 10.4 Å². The number of hydrogen-bond donors (Lipinski definition) is 0. The van der Waals surface area contributed by atoms with Crippen molar-refractivity contribution in [1.82, 2.24) is 19.3 Å². The molecule has 4 aromatic rings. The molecule has 0 aliphatic heterocycles. The highest BCUT2D eigenvalue weighted by Crippen LogP contribution is 2.30. The van der Waals surface area contributed by atoms with Crippen molar-refractivity contribution in [3.63, 3.8) is 0 Å². The first-order valence-corrected chi connectivity index (χ1v) is 8.46. The topological polar surface area (TPSA) is 59.4 Å². The minimum Gasteiger partial charge on any atom is -0.325 e. The van der Waals surface area contributed by atoms with Crippen molar-refractivity contribution in [2.24, 2.45) is 0 Å². The van der Waals surface area contributed by atoms with Gasteiger partial charge >= 0.3 is 0 Å². The predicted molar refractivity (Wildman–Crippen MR) is 96.6 cm³/mol. The molecule has 1 unspecified atom stereocenters. The smallest absolute Gasteiger partial charge is 0.199 e. The van der Waals surface area contributed by atoms with Crippen LogP contribution in [0.5, 0.6) is 0 Å². The maximum atomic E-state index is 15.5. The van der Waals surface area contributed by atoms with Crippen molar-refractivity contribution in [3.05, 3.63) is 77.6 Å². The zero-order valence-electron chi connectivity index (χ0n) is 14.5. The molecule has 2 heterocycles. The molecule has 0 amide bonds. The van der Waals surface area contributed by atoms with Crippen LogP contribution in [0.15, 0.2) is 54.7 Å². The van der Waals surface area contributed by atoms with Crippen molar-refractivity contribution in [2.75, 3.05) is 0 Å². The highest BCUT2D eigenvalue weighted by molar-refractivity contribution is 5.78. The Morgan fingerprint density at radius 3 is 2.78 bits per heavy atom. The van der Waals surface area contributed by atoms with Gasteiger partial charge < -0.3 is 4.57 Å². The Morgan fingerprint density at radius 2 is 2.04 bits per heavy atom. The van der Waals surface area contributed by atoms with Gasteiger partial charge in [0, 0.05) is 12.7 Å². The first-order valence-electron chi connectivity index (χ1n) is 8.46. The molecule has 1 atom stereocenters. The minimum atomic E-state index is -1.56. The van der Waals surface area contributed by atoms with E-state index in [-0.39, 0.29) is 11.5 Å². The van der Waals surface area contributed by atoms with Crippen LogP contribution in [-0.2, 0) is 6.54 Å². The van der Waals surface area contributed by atoms with Gasteiger partial charge in [0.2, 0.25) is 0 Å². The summed E-state index contributed by atoms with van der Waals surface area (Å²) in [5, 5.41) is 13.2. The van der Waals surface area contributed by atoms with E-state index in [4.69, 9.17) is 5.26 Å². The van der Waals surface area contributed by atoms with E-state index in [0.717, 1.165) is 5.52 Å². The number of nitrogens with zero attached hydrogens (tertiary/aromatic N) is 5. The first-order chi connectivity index (χ1) is 13.1. The lowest BCUT2D eigenvalue weighted by Gasteiger charge is -2.13. The van der Waals surface area contributed by atoms with E-state index < -0.39 is 12.0 Å². The van der Waals surface area contributed by atoms with Crippen molar-refractivity contribution in [2.45, 2.75) is 19.6 Å². The summed E-state index contributed by atoms with van der Waals surface area (Å²) in [6, 6.07) is 14.5. The maximum absolute atomic E-state index is 15.5. The Balaban J connectivity index is 1.84. The normalized spacial score (nSPS) is 12.2. The molecule has 134 valence electrons.